The highest BCUT2D eigenvalue weighted by Crippen LogP contribution is 2.11. The summed E-state index contributed by atoms with van der Waals surface area (Å²) in [5, 5.41) is 3.30. The fourth-order valence-electron chi connectivity index (χ4n) is 1.87. The van der Waals surface area contributed by atoms with Crippen LogP contribution < -0.4 is 5.32 Å². The Kier molecular flexibility index (Phi) is 4.73. The van der Waals surface area contributed by atoms with Crippen molar-refractivity contribution < 1.29 is 13.2 Å². The Bertz CT molecular complexity index is 305. The smallest absolute Gasteiger partial charge is 0.157 e. The second-order valence-electron chi connectivity index (χ2n) is 4.23. The molecule has 1 saturated heterocycles. The van der Waals surface area contributed by atoms with Gasteiger partial charge in [0, 0.05) is 6.04 Å². The summed E-state index contributed by atoms with van der Waals surface area (Å²) in [6.07, 6.45) is 4.03. The van der Waals surface area contributed by atoms with E-state index >= 15 is 0 Å². The number of ketones is 1. The van der Waals surface area contributed by atoms with Gasteiger partial charge in [0.15, 0.2) is 9.84 Å². The van der Waals surface area contributed by atoms with Gasteiger partial charge >= 0.3 is 0 Å². The van der Waals surface area contributed by atoms with Gasteiger partial charge < -0.3 is 5.32 Å². The van der Waals surface area contributed by atoms with E-state index in [1.54, 1.807) is 0 Å². The van der Waals surface area contributed by atoms with Crippen LogP contribution in [-0.4, -0.2) is 38.3 Å². The molecule has 1 fully saturated rings. The Morgan fingerprint density at radius 3 is 2.67 bits per heavy atom. The number of piperidine rings is 1. The third-order valence-electron chi connectivity index (χ3n) is 2.61. The van der Waals surface area contributed by atoms with E-state index in [1.165, 1.54) is 19.8 Å². The monoisotopic (exact) mass is 233 g/mol. The maximum atomic E-state index is 11.4. The van der Waals surface area contributed by atoms with E-state index < -0.39 is 9.84 Å². The molecule has 0 bridgehead atoms. The number of sulfone groups is 1. The van der Waals surface area contributed by atoms with Crippen LogP contribution >= 0.6 is 0 Å². The number of rotatable bonds is 5. The molecule has 5 heteroatoms. The fourth-order valence-corrected chi connectivity index (χ4v) is 3.28. The molecule has 0 aromatic heterocycles. The van der Waals surface area contributed by atoms with Gasteiger partial charge in [0.05, 0.1) is 5.75 Å². The van der Waals surface area contributed by atoms with Crippen molar-refractivity contribution in [3.05, 3.63) is 0 Å². The summed E-state index contributed by atoms with van der Waals surface area (Å²) < 4.78 is 22.9. The largest absolute Gasteiger partial charge is 0.314 e. The summed E-state index contributed by atoms with van der Waals surface area (Å²) in [5.41, 5.74) is 0. The molecule has 0 aliphatic carbocycles. The average Bonchev–Trinajstić information content (AvgIpc) is 2.15. The summed E-state index contributed by atoms with van der Waals surface area (Å²) in [7, 11) is -3.17. The molecule has 0 aromatic rings. The topological polar surface area (TPSA) is 63.2 Å². The minimum atomic E-state index is -3.17. The van der Waals surface area contributed by atoms with Crippen molar-refractivity contribution in [2.75, 3.05) is 18.1 Å². The molecule has 0 radical (unpaired) electrons. The van der Waals surface area contributed by atoms with Crippen LogP contribution in [0.4, 0.5) is 0 Å². The molecular formula is C10H19NO3S. The number of Topliss-reactive ketones (excluding diaryl/α,β-unsaturated/α-hetero) is 1. The second kappa shape index (κ2) is 5.61. The highest BCUT2D eigenvalue weighted by atomic mass is 32.2. The standard InChI is InChI=1S/C10H19NO3S/c1-9(12)8-15(13,14)7-5-10-4-2-3-6-11-10/h10-11H,2-8H2,1H3. The first-order valence-electron chi connectivity index (χ1n) is 5.43. The lowest BCUT2D eigenvalue weighted by Crippen LogP contribution is -2.35. The van der Waals surface area contributed by atoms with Crippen LogP contribution in [0.15, 0.2) is 0 Å². The number of hydrogen-bond donors (Lipinski definition) is 1. The van der Waals surface area contributed by atoms with Crippen LogP contribution in [0.5, 0.6) is 0 Å². The molecule has 4 nitrogen and oxygen atoms in total. The van der Waals surface area contributed by atoms with Gasteiger partial charge in [-0.25, -0.2) is 8.42 Å². The summed E-state index contributed by atoms with van der Waals surface area (Å²) >= 11 is 0. The van der Waals surface area contributed by atoms with Crippen LogP contribution in [0.2, 0.25) is 0 Å². The molecule has 1 N–H and O–H groups in total. The lowest BCUT2D eigenvalue weighted by molar-refractivity contribution is -0.114. The zero-order valence-electron chi connectivity index (χ0n) is 9.16. The molecule has 1 atom stereocenters. The Hall–Kier alpha value is -0.420. The van der Waals surface area contributed by atoms with Crippen LogP contribution in [-0.2, 0) is 14.6 Å². The third kappa shape index (κ3) is 5.28. The van der Waals surface area contributed by atoms with E-state index in [0.717, 1.165) is 13.0 Å². The fraction of sp³-hybridized carbons (Fsp3) is 0.900. The van der Waals surface area contributed by atoms with Gasteiger partial charge in [-0.2, -0.15) is 0 Å². The third-order valence-corrected chi connectivity index (χ3v) is 4.32. The van der Waals surface area contributed by atoms with Crippen LogP contribution in [0.3, 0.4) is 0 Å². The molecule has 1 rings (SSSR count). The Morgan fingerprint density at radius 1 is 1.40 bits per heavy atom. The van der Waals surface area contributed by atoms with Gasteiger partial charge in [0.2, 0.25) is 0 Å². The van der Waals surface area contributed by atoms with Crippen molar-refractivity contribution in [1.29, 1.82) is 0 Å². The van der Waals surface area contributed by atoms with Crippen molar-refractivity contribution >= 4 is 15.6 Å². The second-order valence-corrected chi connectivity index (χ2v) is 6.41. The molecule has 88 valence electrons. The maximum Gasteiger partial charge on any atom is 0.157 e. The number of hydrogen-bond acceptors (Lipinski definition) is 4. The molecular weight excluding hydrogens is 214 g/mol. The van der Waals surface area contributed by atoms with Crippen LogP contribution in [0.25, 0.3) is 0 Å². The van der Waals surface area contributed by atoms with Crippen molar-refractivity contribution in [1.82, 2.24) is 5.32 Å². The Labute approximate surface area is 91.4 Å². The van der Waals surface area contributed by atoms with Crippen LogP contribution in [0.1, 0.15) is 32.6 Å². The summed E-state index contributed by atoms with van der Waals surface area (Å²) in [5.74, 6) is -0.448. The normalized spacial score (nSPS) is 22.6. The molecule has 1 heterocycles. The van der Waals surface area contributed by atoms with Gasteiger partial charge in [-0.1, -0.05) is 6.42 Å². The van der Waals surface area contributed by atoms with Crippen molar-refractivity contribution in [3.8, 4) is 0 Å². The molecule has 0 spiro atoms. The summed E-state index contributed by atoms with van der Waals surface area (Å²) in [4.78, 5) is 10.7. The van der Waals surface area contributed by atoms with E-state index in [0.29, 0.717) is 12.5 Å². The van der Waals surface area contributed by atoms with Crippen LogP contribution in [0, 0.1) is 0 Å². The van der Waals surface area contributed by atoms with Crippen molar-refractivity contribution in [2.24, 2.45) is 0 Å². The zero-order chi connectivity index (χ0) is 11.3. The van der Waals surface area contributed by atoms with E-state index in [2.05, 4.69) is 5.32 Å². The lowest BCUT2D eigenvalue weighted by atomic mass is 10.0. The summed E-state index contributed by atoms with van der Waals surface area (Å²) in [6, 6.07) is 0.320. The Morgan fingerprint density at radius 2 is 2.13 bits per heavy atom. The zero-order valence-corrected chi connectivity index (χ0v) is 9.98. The quantitative estimate of drug-likeness (QED) is 0.752. The van der Waals surface area contributed by atoms with Gasteiger partial charge in [-0.3, -0.25) is 4.79 Å². The molecule has 1 aliphatic rings. The molecule has 0 aromatic carbocycles. The van der Waals surface area contributed by atoms with E-state index in [9.17, 15) is 13.2 Å². The Balaban J connectivity index is 2.31. The molecule has 15 heavy (non-hydrogen) atoms. The molecule has 1 aliphatic heterocycles. The van der Waals surface area contributed by atoms with Crippen molar-refractivity contribution in [3.63, 3.8) is 0 Å². The molecule has 0 saturated carbocycles. The van der Waals surface area contributed by atoms with E-state index in [1.807, 2.05) is 0 Å². The van der Waals surface area contributed by atoms with E-state index in [4.69, 9.17) is 0 Å². The van der Waals surface area contributed by atoms with E-state index in [-0.39, 0.29) is 17.3 Å². The molecule has 1 unspecified atom stereocenters. The SMILES string of the molecule is CC(=O)CS(=O)(=O)CCC1CCCCN1. The average molecular weight is 233 g/mol. The number of carbonyl (C=O) groups is 1. The predicted molar refractivity (Wildman–Crippen MR) is 59.6 cm³/mol. The molecule has 0 amide bonds. The number of carbonyl (C=O) groups excluding carboxylic acids is 1. The van der Waals surface area contributed by atoms with Gasteiger partial charge in [-0.05, 0) is 32.7 Å². The van der Waals surface area contributed by atoms with Gasteiger partial charge in [0.1, 0.15) is 11.5 Å². The summed E-state index contributed by atoms with van der Waals surface area (Å²) in [6.45, 7) is 2.30. The van der Waals surface area contributed by atoms with Gasteiger partial charge in [-0.15, -0.1) is 0 Å². The minimum absolute atomic E-state index is 0.129. The number of nitrogens with one attached hydrogen (secondary N) is 1. The first-order chi connectivity index (χ1) is 6.99. The highest BCUT2D eigenvalue weighted by molar-refractivity contribution is 7.92. The van der Waals surface area contributed by atoms with Crippen molar-refractivity contribution in [2.45, 2.75) is 38.6 Å². The minimum Gasteiger partial charge on any atom is -0.314 e. The lowest BCUT2D eigenvalue weighted by Gasteiger charge is -2.23. The highest BCUT2D eigenvalue weighted by Gasteiger charge is 2.18. The van der Waals surface area contributed by atoms with Gasteiger partial charge in [0.25, 0.3) is 0 Å². The predicted octanol–water partition coefficient (Wildman–Crippen LogP) is 0.522. The maximum absolute atomic E-state index is 11.4. The first kappa shape index (κ1) is 12.6. The first-order valence-corrected chi connectivity index (χ1v) is 7.25.